The molecule has 0 spiro atoms. The zero-order valence-corrected chi connectivity index (χ0v) is 18.0. The molecule has 5 nitrogen and oxygen atoms in total. The Morgan fingerprint density at radius 3 is 2.66 bits per heavy atom. The fourth-order valence-corrected chi connectivity index (χ4v) is 4.89. The van der Waals surface area contributed by atoms with E-state index in [9.17, 15) is 4.79 Å². The Morgan fingerprint density at radius 2 is 1.97 bits per heavy atom. The molecule has 1 aliphatic rings. The third kappa shape index (κ3) is 4.17. The highest BCUT2D eigenvalue weighted by molar-refractivity contribution is 7.16. The molecule has 0 atom stereocenters. The first-order valence-electron chi connectivity index (χ1n) is 10.0. The van der Waals surface area contributed by atoms with Crippen LogP contribution >= 0.6 is 11.3 Å². The van der Waals surface area contributed by atoms with Gasteiger partial charge in [0.25, 0.3) is 5.91 Å². The number of carbonyl (C=O) groups excluding carboxylic acids is 1. The smallest absolute Gasteiger partial charge is 0.253 e. The second kappa shape index (κ2) is 8.33. The van der Waals surface area contributed by atoms with E-state index in [0.29, 0.717) is 6.54 Å². The standard InChI is InChI=1S/C23H26N4OS/c1-16-19(17(2)26(3)25-16)13-14-22(28)27(15-18-9-5-4-6-10-18)23-24-20-11-7-8-12-21(20)29-23/h4-6,9-10,13-14H,7-8,11-12,15H2,1-3H3. The van der Waals surface area contributed by atoms with Gasteiger partial charge in [-0.15, -0.1) is 11.3 Å². The van der Waals surface area contributed by atoms with Gasteiger partial charge in [0.15, 0.2) is 5.13 Å². The lowest BCUT2D eigenvalue weighted by atomic mass is 10.0. The van der Waals surface area contributed by atoms with Crippen LogP contribution in [0.2, 0.25) is 0 Å². The summed E-state index contributed by atoms with van der Waals surface area (Å²) in [6, 6.07) is 10.1. The minimum atomic E-state index is -0.0531. The summed E-state index contributed by atoms with van der Waals surface area (Å²) in [6.07, 6.45) is 8.02. The van der Waals surface area contributed by atoms with E-state index in [-0.39, 0.29) is 5.91 Å². The van der Waals surface area contributed by atoms with Crippen LogP contribution in [0, 0.1) is 13.8 Å². The van der Waals surface area contributed by atoms with Gasteiger partial charge in [-0.3, -0.25) is 14.4 Å². The molecule has 1 aliphatic carbocycles. The van der Waals surface area contributed by atoms with Crippen LogP contribution in [0.4, 0.5) is 5.13 Å². The molecular weight excluding hydrogens is 380 g/mol. The molecule has 2 aromatic heterocycles. The summed E-state index contributed by atoms with van der Waals surface area (Å²) in [5, 5.41) is 5.23. The molecule has 0 N–H and O–H groups in total. The molecule has 150 valence electrons. The van der Waals surface area contributed by atoms with Crippen molar-refractivity contribution in [3.63, 3.8) is 0 Å². The van der Waals surface area contributed by atoms with Gasteiger partial charge in [-0.05, 0) is 51.2 Å². The summed E-state index contributed by atoms with van der Waals surface area (Å²) in [6.45, 7) is 4.50. The van der Waals surface area contributed by atoms with Crippen LogP contribution in [0.1, 0.15) is 45.9 Å². The Kier molecular flexibility index (Phi) is 5.62. The lowest BCUT2D eigenvalue weighted by molar-refractivity contribution is -0.114. The summed E-state index contributed by atoms with van der Waals surface area (Å²) < 4.78 is 1.84. The minimum absolute atomic E-state index is 0.0531. The van der Waals surface area contributed by atoms with E-state index in [2.05, 4.69) is 5.10 Å². The molecule has 0 bridgehead atoms. The first-order valence-corrected chi connectivity index (χ1v) is 10.9. The summed E-state index contributed by atoms with van der Waals surface area (Å²) in [5.41, 5.74) is 5.24. The lowest BCUT2D eigenvalue weighted by Crippen LogP contribution is -2.28. The van der Waals surface area contributed by atoms with Gasteiger partial charge in [0.2, 0.25) is 0 Å². The summed E-state index contributed by atoms with van der Waals surface area (Å²) in [7, 11) is 1.92. The highest BCUT2D eigenvalue weighted by Crippen LogP contribution is 2.32. The number of anilines is 1. The fraction of sp³-hybridized carbons (Fsp3) is 0.348. The third-order valence-corrected chi connectivity index (χ3v) is 6.65. The van der Waals surface area contributed by atoms with Gasteiger partial charge in [0.05, 0.1) is 17.9 Å². The number of fused-ring (bicyclic) bond motifs is 1. The van der Waals surface area contributed by atoms with E-state index < -0.39 is 0 Å². The van der Waals surface area contributed by atoms with Crippen molar-refractivity contribution in [1.82, 2.24) is 14.8 Å². The van der Waals surface area contributed by atoms with E-state index in [4.69, 9.17) is 4.98 Å². The lowest BCUT2D eigenvalue weighted by Gasteiger charge is -2.18. The van der Waals surface area contributed by atoms with Crippen molar-refractivity contribution in [2.75, 3.05) is 4.90 Å². The largest absolute Gasteiger partial charge is 0.280 e. The molecule has 1 amide bonds. The molecular formula is C23H26N4OS. The highest BCUT2D eigenvalue weighted by atomic mass is 32.1. The van der Waals surface area contributed by atoms with Crippen molar-refractivity contribution in [3.8, 4) is 0 Å². The quantitative estimate of drug-likeness (QED) is 0.581. The Bertz CT molecular complexity index is 1030. The number of nitrogens with zero attached hydrogens (tertiary/aromatic N) is 4. The molecule has 0 fully saturated rings. The van der Waals surface area contributed by atoms with Crippen LogP contribution in [0.25, 0.3) is 6.08 Å². The number of hydrogen-bond donors (Lipinski definition) is 0. The number of amides is 1. The van der Waals surface area contributed by atoms with E-state index in [1.54, 1.807) is 22.3 Å². The van der Waals surface area contributed by atoms with E-state index in [0.717, 1.165) is 40.5 Å². The predicted octanol–water partition coefficient (Wildman–Crippen LogP) is 4.62. The third-order valence-electron chi connectivity index (χ3n) is 5.47. The van der Waals surface area contributed by atoms with E-state index in [1.165, 1.54) is 23.4 Å². The Morgan fingerprint density at radius 1 is 1.21 bits per heavy atom. The molecule has 6 heteroatoms. The van der Waals surface area contributed by atoms with Crippen LogP contribution in [-0.4, -0.2) is 20.7 Å². The molecule has 0 saturated carbocycles. The molecule has 0 aliphatic heterocycles. The molecule has 4 rings (SSSR count). The van der Waals surface area contributed by atoms with E-state index in [1.807, 2.05) is 62.0 Å². The molecule has 0 saturated heterocycles. The number of aryl methyl sites for hydroxylation is 4. The van der Waals surface area contributed by atoms with Gasteiger partial charge in [-0.2, -0.15) is 5.10 Å². The maximum absolute atomic E-state index is 13.2. The molecule has 3 aromatic rings. The average molecular weight is 407 g/mol. The van der Waals surface area contributed by atoms with Crippen LogP contribution in [0.15, 0.2) is 36.4 Å². The summed E-state index contributed by atoms with van der Waals surface area (Å²) in [4.78, 5) is 21.2. The molecule has 0 unspecified atom stereocenters. The van der Waals surface area contributed by atoms with Crippen molar-refractivity contribution in [2.45, 2.75) is 46.1 Å². The molecule has 29 heavy (non-hydrogen) atoms. The van der Waals surface area contributed by atoms with Crippen LogP contribution in [-0.2, 0) is 31.2 Å². The fourth-order valence-electron chi connectivity index (χ4n) is 3.74. The van der Waals surface area contributed by atoms with E-state index >= 15 is 0 Å². The first-order chi connectivity index (χ1) is 14.0. The maximum atomic E-state index is 13.2. The van der Waals surface area contributed by atoms with Crippen molar-refractivity contribution < 1.29 is 4.79 Å². The molecule has 1 aromatic carbocycles. The Labute approximate surface area is 175 Å². The first kappa shape index (κ1) is 19.6. The van der Waals surface area contributed by atoms with Crippen molar-refractivity contribution in [1.29, 1.82) is 0 Å². The topological polar surface area (TPSA) is 51.0 Å². The molecule has 0 radical (unpaired) electrons. The number of hydrogen-bond acceptors (Lipinski definition) is 4. The van der Waals surface area contributed by atoms with Gasteiger partial charge in [-0.1, -0.05) is 30.3 Å². The van der Waals surface area contributed by atoms with Gasteiger partial charge in [0.1, 0.15) is 0 Å². The second-order valence-corrected chi connectivity index (χ2v) is 8.59. The van der Waals surface area contributed by atoms with Gasteiger partial charge in [0, 0.05) is 29.3 Å². The van der Waals surface area contributed by atoms with Crippen LogP contribution in [0.5, 0.6) is 0 Å². The van der Waals surface area contributed by atoms with Crippen LogP contribution < -0.4 is 4.90 Å². The van der Waals surface area contributed by atoms with Gasteiger partial charge in [-0.25, -0.2) is 4.98 Å². The Hall–Kier alpha value is -2.73. The van der Waals surface area contributed by atoms with Crippen molar-refractivity contribution >= 4 is 28.5 Å². The molecule has 2 heterocycles. The maximum Gasteiger partial charge on any atom is 0.253 e. The van der Waals surface area contributed by atoms with Gasteiger partial charge < -0.3 is 0 Å². The zero-order chi connectivity index (χ0) is 20.4. The van der Waals surface area contributed by atoms with Crippen molar-refractivity contribution in [3.05, 3.63) is 69.5 Å². The second-order valence-electron chi connectivity index (χ2n) is 7.52. The minimum Gasteiger partial charge on any atom is -0.280 e. The summed E-state index contributed by atoms with van der Waals surface area (Å²) >= 11 is 1.67. The highest BCUT2D eigenvalue weighted by Gasteiger charge is 2.22. The predicted molar refractivity (Wildman–Crippen MR) is 118 cm³/mol. The normalized spacial score (nSPS) is 13.6. The average Bonchev–Trinajstić information content (AvgIpc) is 3.26. The van der Waals surface area contributed by atoms with Gasteiger partial charge >= 0.3 is 0 Å². The summed E-state index contributed by atoms with van der Waals surface area (Å²) in [5.74, 6) is -0.0531. The van der Waals surface area contributed by atoms with Crippen LogP contribution in [0.3, 0.4) is 0 Å². The monoisotopic (exact) mass is 406 g/mol. The number of benzene rings is 1. The Balaban J connectivity index is 1.65. The zero-order valence-electron chi connectivity index (χ0n) is 17.2. The van der Waals surface area contributed by atoms with Crippen molar-refractivity contribution in [2.24, 2.45) is 7.05 Å². The number of thiazole rings is 1. The number of carbonyl (C=O) groups is 1. The number of aromatic nitrogens is 3. The SMILES string of the molecule is Cc1nn(C)c(C)c1C=CC(=O)N(Cc1ccccc1)c1nc2c(s1)CCCC2. The number of rotatable bonds is 5.